The predicted molar refractivity (Wildman–Crippen MR) is 82.4 cm³/mol. The highest BCUT2D eigenvalue weighted by atomic mass is 16.5. The lowest BCUT2D eigenvalue weighted by atomic mass is 9.78. The second kappa shape index (κ2) is 6.05. The van der Waals surface area contributed by atoms with E-state index >= 15 is 0 Å². The fourth-order valence-corrected chi connectivity index (χ4v) is 4.18. The summed E-state index contributed by atoms with van der Waals surface area (Å²) in [6.07, 6.45) is 1.94. The lowest BCUT2D eigenvalue weighted by Crippen LogP contribution is -2.98. The third-order valence-electron chi connectivity index (χ3n) is 5.29. The van der Waals surface area contributed by atoms with Gasteiger partial charge in [-0.15, -0.1) is 0 Å². The molecule has 2 saturated heterocycles. The standard InChI is InChI=1S/C17H22N2O5/c1-4-17(16(22)23-6-3)12-11(14(20)19(5-2)15(12)21)13(18-17)10-8-7-9-24-10/h7-9,11-13,18H,4-6H2,1-3H3/p+1/t11-,12-,13-,17-/m0/s1. The molecule has 2 fully saturated rings. The summed E-state index contributed by atoms with van der Waals surface area (Å²) >= 11 is 0. The minimum atomic E-state index is -1.09. The van der Waals surface area contributed by atoms with Gasteiger partial charge in [-0.3, -0.25) is 14.5 Å². The molecule has 2 aliphatic rings. The summed E-state index contributed by atoms with van der Waals surface area (Å²) in [5.41, 5.74) is -1.09. The van der Waals surface area contributed by atoms with Crippen molar-refractivity contribution in [2.45, 2.75) is 38.8 Å². The number of quaternary nitrogens is 1. The molecule has 0 aromatic carbocycles. The Morgan fingerprint density at radius 3 is 2.62 bits per heavy atom. The van der Waals surface area contributed by atoms with E-state index in [1.165, 1.54) is 11.2 Å². The number of ether oxygens (including phenoxy) is 1. The number of furan rings is 1. The van der Waals surface area contributed by atoms with Gasteiger partial charge in [0.25, 0.3) is 0 Å². The van der Waals surface area contributed by atoms with E-state index in [2.05, 4.69) is 0 Å². The predicted octanol–water partition coefficient (Wildman–Crippen LogP) is 0.231. The van der Waals surface area contributed by atoms with E-state index < -0.39 is 29.4 Å². The lowest BCUT2D eigenvalue weighted by molar-refractivity contribution is -0.736. The third-order valence-corrected chi connectivity index (χ3v) is 5.29. The minimum absolute atomic E-state index is 0.232. The number of esters is 1. The number of nitrogens with two attached hydrogens (primary N) is 1. The van der Waals surface area contributed by atoms with Gasteiger partial charge in [0.1, 0.15) is 11.8 Å². The van der Waals surface area contributed by atoms with E-state index in [9.17, 15) is 14.4 Å². The number of carbonyl (C=O) groups is 3. The Kier molecular flexibility index (Phi) is 4.21. The first-order valence-corrected chi connectivity index (χ1v) is 8.43. The van der Waals surface area contributed by atoms with Crippen LogP contribution in [0.15, 0.2) is 22.8 Å². The zero-order valence-corrected chi connectivity index (χ0v) is 14.2. The average Bonchev–Trinajstić information content (AvgIpc) is 3.25. The Hall–Kier alpha value is -2.15. The molecule has 3 rings (SSSR count). The van der Waals surface area contributed by atoms with Gasteiger partial charge in [-0.05, 0) is 26.0 Å². The number of carbonyl (C=O) groups excluding carboxylic acids is 3. The highest BCUT2D eigenvalue weighted by Crippen LogP contribution is 2.45. The summed E-state index contributed by atoms with van der Waals surface area (Å²) in [6.45, 7) is 5.88. The van der Waals surface area contributed by atoms with Crippen LogP contribution in [0.1, 0.15) is 39.0 Å². The van der Waals surface area contributed by atoms with Crippen molar-refractivity contribution in [3.63, 3.8) is 0 Å². The number of imide groups is 1. The Morgan fingerprint density at radius 2 is 2.08 bits per heavy atom. The number of likely N-dealkylation sites (tertiary alicyclic amines) is 1. The molecule has 1 aromatic rings. The number of nitrogens with zero attached hydrogens (tertiary/aromatic N) is 1. The van der Waals surface area contributed by atoms with E-state index in [-0.39, 0.29) is 18.4 Å². The van der Waals surface area contributed by atoms with Crippen molar-refractivity contribution in [1.29, 1.82) is 0 Å². The van der Waals surface area contributed by atoms with Crippen LogP contribution < -0.4 is 5.32 Å². The van der Waals surface area contributed by atoms with Crippen LogP contribution in [0, 0.1) is 11.8 Å². The summed E-state index contributed by atoms with van der Waals surface area (Å²) in [5, 5.41) is 1.81. The quantitative estimate of drug-likeness (QED) is 0.614. The molecule has 0 aliphatic carbocycles. The molecule has 24 heavy (non-hydrogen) atoms. The summed E-state index contributed by atoms with van der Waals surface area (Å²) < 4.78 is 10.8. The Labute approximate surface area is 140 Å². The average molecular weight is 335 g/mol. The van der Waals surface area contributed by atoms with Crippen molar-refractivity contribution in [1.82, 2.24) is 4.90 Å². The van der Waals surface area contributed by atoms with Crippen LogP contribution in [0.25, 0.3) is 0 Å². The number of hydrogen-bond acceptors (Lipinski definition) is 5. The maximum atomic E-state index is 12.9. The zero-order chi connectivity index (χ0) is 17.5. The van der Waals surface area contributed by atoms with Gasteiger partial charge in [-0.2, -0.15) is 0 Å². The summed E-state index contributed by atoms with van der Waals surface area (Å²) in [7, 11) is 0. The zero-order valence-electron chi connectivity index (χ0n) is 14.2. The van der Waals surface area contributed by atoms with Crippen molar-refractivity contribution in [2.24, 2.45) is 11.8 Å². The molecular weight excluding hydrogens is 312 g/mol. The van der Waals surface area contributed by atoms with E-state index in [0.29, 0.717) is 18.7 Å². The topological polar surface area (TPSA) is 93.4 Å². The number of fused-ring (bicyclic) bond motifs is 1. The molecule has 0 unspecified atom stereocenters. The second-order valence-corrected chi connectivity index (χ2v) is 6.25. The SMILES string of the molecule is CCOC(=O)[C@@]1(CC)[NH2+][C@@H](c2ccco2)[C@H]2C(=O)N(CC)C(=O)[C@H]21. The fraction of sp³-hybridized carbons (Fsp3) is 0.588. The molecule has 7 nitrogen and oxygen atoms in total. The van der Waals surface area contributed by atoms with Gasteiger partial charge in [0.2, 0.25) is 17.4 Å². The monoisotopic (exact) mass is 335 g/mol. The van der Waals surface area contributed by atoms with Gasteiger partial charge in [-0.25, -0.2) is 4.79 Å². The minimum Gasteiger partial charge on any atom is -0.463 e. The molecule has 0 spiro atoms. The van der Waals surface area contributed by atoms with E-state index in [0.717, 1.165) is 0 Å². The first kappa shape index (κ1) is 16.7. The highest BCUT2D eigenvalue weighted by Gasteiger charge is 2.72. The summed E-state index contributed by atoms with van der Waals surface area (Å²) in [4.78, 5) is 39.7. The molecule has 1 aromatic heterocycles. The van der Waals surface area contributed by atoms with Crippen LogP contribution in [-0.4, -0.2) is 41.4 Å². The molecule has 3 heterocycles. The van der Waals surface area contributed by atoms with Crippen LogP contribution in [-0.2, 0) is 19.1 Å². The Balaban J connectivity index is 2.10. The first-order valence-electron chi connectivity index (χ1n) is 8.43. The van der Waals surface area contributed by atoms with E-state index in [4.69, 9.17) is 9.15 Å². The van der Waals surface area contributed by atoms with Crippen molar-refractivity contribution >= 4 is 17.8 Å². The van der Waals surface area contributed by atoms with E-state index in [1.54, 1.807) is 26.0 Å². The molecule has 4 atom stereocenters. The van der Waals surface area contributed by atoms with Crippen molar-refractivity contribution in [3.8, 4) is 0 Å². The van der Waals surface area contributed by atoms with Crippen LogP contribution in [0.4, 0.5) is 0 Å². The Morgan fingerprint density at radius 1 is 1.33 bits per heavy atom. The van der Waals surface area contributed by atoms with Crippen LogP contribution in [0.5, 0.6) is 0 Å². The number of amides is 2. The second-order valence-electron chi connectivity index (χ2n) is 6.25. The molecule has 2 N–H and O–H groups in total. The van der Waals surface area contributed by atoms with Crippen LogP contribution in [0.3, 0.4) is 0 Å². The molecule has 0 bridgehead atoms. The maximum Gasteiger partial charge on any atom is 0.368 e. The lowest BCUT2D eigenvalue weighted by Gasteiger charge is -2.28. The molecule has 0 radical (unpaired) electrons. The van der Waals surface area contributed by atoms with Crippen molar-refractivity contribution in [2.75, 3.05) is 13.2 Å². The van der Waals surface area contributed by atoms with Gasteiger partial charge in [0, 0.05) is 13.0 Å². The molecule has 130 valence electrons. The van der Waals surface area contributed by atoms with Gasteiger partial charge in [0.05, 0.1) is 12.9 Å². The normalized spacial score (nSPS) is 32.3. The maximum absolute atomic E-state index is 12.9. The van der Waals surface area contributed by atoms with Crippen molar-refractivity contribution < 1.29 is 28.9 Å². The molecule has 7 heteroatoms. The Bertz CT molecular complexity index is 656. The van der Waals surface area contributed by atoms with Crippen LogP contribution in [0.2, 0.25) is 0 Å². The molecule has 0 saturated carbocycles. The number of hydrogen-bond donors (Lipinski definition) is 1. The van der Waals surface area contributed by atoms with Crippen molar-refractivity contribution in [3.05, 3.63) is 24.2 Å². The summed E-state index contributed by atoms with van der Waals surface area (Å²) in [6, 6.07) is 3.12. The first-order chi connectivity index (χ1) is 11.5. The molecule has 2 amide bonds. The molecule has 2 aliphatic heterocycles. The van der Waals surface area contributed by atoms with Gasteiger partial charge in [0.15, 0.2) is 11.8 Å². The number of rotatable bonds is 5. The largest absolute Gasteiger partial charge is 0.463 e. The molecular formula is C17H23N2O5+. The van der Waals surface area contributed by atoms with Gasteiger partial charge in [-0.1, -0.05) is 6.92 Å². The van der Waals surface area contributed by atoms with Crippen LogP contribution >= 0.6 is 0 Å². The fourth-order valence-electron chi connectivity index (χ4n) is 4.18. The van der Waals surface area contributed by atoms with E-state index in [1.807, 2.05) is 12.2 Å². The van der Waals surface area contributed by atoms with Gasteiger partial charge < -0.3 is 14.5 Å². The summed E-state index contributed by atoms with van der Waals surface area (Å²) in [5.74, 6) is -1.67. The smallest absolute Gasteiger partial charge is 0.368 e. The van der Waals surface area contributed by atoms with Gasteiger partial charge >= 0.3 is 5.97 Å². The highest BCUT2D eigenvalue weighted by molar-refractivity contribution is 6.08. The third kappa shape index (κ3) is 2.11.